The molecule has 6 aliphatic rings. The molecule has 3 heteroatoms. The van der Waals surface area contributed by atoms with E-state index in [0.29, 0.717) is 23.2 Å². The lowest BCUT2D eigenvalue weighted by molar-refractivity contribution is -0.644. The minimum absolute atomic E-state index is 0.00230. The van der Waals surface area contributed by atoms with E-state index < -0.39 is 0 Å². The molecule has 3 nitrogen and oxygen atoms in total. The van der Waals surface area contributed by atoms with Crippen molar-refractivity contribution in [2.45, 2.75) is 12.8 Å². The van der Waals surface area contributed by atoms with E-state index in [9.17, 15) is 9.59 Å². The van der Waals surface area contributed by atoms with Crippen LogP contribution in [-0.2, 0) is 14.3 Å². The van der Waals surface area contributed by atoms with Gasteiger partial charge in [0.15, 0.2) is 0 Å². The molecule has 0 N–H and O–H groups in total. The van der Waals surface area contributed by atoms with Gasteiger partial charge in [0.1, 0.15) is 6.29 Å². The van der Waals surface area contributed by atoms with E-state index in [2.05, 4.69) is 0 Å². The Balaban J connectivity index is 1.46. The van der Waals surface area contributed by atoms with Crippen molar-refractivity contribution in [1.82, 2.24) is 0 Å². The first kappa shape index (κ1) is 8.26. The molecule has 0 amide bonds. The normalized spacial score (nSPS) is 68.6. The standard InChI is InChI=1S/C13H14O3/c1-16-11(15)13-8-5-9(13)7-10(13)6(8)12(5,7)3-2-4-14/h4-10H,2-3H2,1H3. The number of ether oxygens (including phenoxy) is 1. The summed E-state index contributed by atoms with van der Waals surface area (Å²) >= 11 is 0. The average molecular weight is 218 g/mol. The number of aldehydes is 1. The predicted octanol–water partition coefficient (Wildman–Crippen LogP) is 0.876. The molecule has 0 aliphatic heterocycles. The summed E-state index contributed by atoms with van der Waals surface area (Å²) in [5.74, 6) is 4.44. The molecule has 0 saturated heterocycles. The molecular formula is C13H14O3. The van der Waals surface area contributed by atoms with Gasteiger partial charge < -0.3 is 9.53 Å². The van der Waals surface area contributed by atoms with Crippen LogP contribution < -0.4 is 0 Å². The maximum Gasteiger partial charge on any atom is 0.312 e. The van der Waals surface area contributed by atoms with Crippen molar-refractivity contribution in [3.63, 3.8) is 0 Å². The van der Waals surface area contributed by atoms with Crippen molar-refractivity contribution in [3.8, 4) is 0 Å². The third-order valence-corrected chi connectivity index (χ3v) is 7.07. The smallest absolute Gasteiger partial charge is 0.312 e. The number of rotatable bonds is 4. The summed E-state index contributed by atoms with van der Waals surface area (Å²) < 4.78 is 4.98. The van der Waals surface area contributed by atoms with Gasteiger partial charge in [-0.25, -0.2) is 0 Å². The molecule has 0 aromatic heterocycles. The Bertz CT molecular complexity index is 399. The van der Waals surface area contributed by atoms with Crippen molar-refractivity contribution in [2.75, 3.05) is 7.11 Å². The summed E-state index contributed by atoms with van der Waals surface area (Å²) in [5, 5.41) is 0. The van der Waals surface area contributed by atoms with Crippen LogP contribution in [0.25, 0.3) is 0 Å². The van der Waals surface area contributed by atoms with Gasteiger partial charge in [-0.05, 0) is 47.3 Å². The van der Waals surface area contributed by atoms with E-state index in [1.165, 1.54) is 7.11 Å². The van der Waals surface area contributed by atoms with Crippen LogP contribution in [0.1, 0.15) is 12.8 Å². The zero-order chi connectivity index (χ0) is 10.9. The van der Waals surface area contributed by atoms with E-state index in [-0.39, 0.29) is 11.4 Å². The predicted molar refractivity (Wildman–Crippen MR) is 53.1 cm³/mol. The molecule has 84 valence electrons. The fourth-order valence-electron chi connectivity index (χ4n) is 7.14. The molecule has 0 aromatic carbocycles. The molecule has 0 bridgehead atoms. The summed E-state index contributed by atoms with van der Waals surface area (Å²) in [6.07, 6.45) is 2.87. The second-order valence-corrected chi connectivity index (χ2v) is 6.40. The highest BCUT2D eigenvalue weighted by Crippen LogP contribution is 3.10. The molecule has 6 saturated carbocycles. The third-order valence-electron chi connectivity index (χ3n) is 7.07. The second kappa shape index (κ2) is 1.87. The zero-order valence-electron chi connectivity index (χ0n) is 9.18. The minimum Gasteiger partial charge on any atom is -0.469 e. The van der Waals surface area contributed by atoms with Gasteiger partial charge in [0.2, 0.25) is 0 Å². The summed E-state index contributed by atoms with van der Waals surface area (Å²) in [6.45, 7) is 0. The summed E-state index contributed by atoms with van der Waals surface area (Å²) in [5.41, 5.74) is 0.536. The molecule has 0 spiro atoms. The summed E-state index contributed by atoms with van der Waals surface area (Å²) in [6, 6.07) is 0. The first-order valence-corrected chi connectivity index (χ1v) is 6.30. The lowest BCUT2D eigenvalue weighted by Crippen LogP contribution is -3.10. The van der Waals surface area contributed by atoms with Crippen LogP contribution >= 0.6 is 0 Å². The zero-order valence-corrected chi connectivity index (χ0v) is 9.18. The molecule has 6 fully saturated rings. The molecule has 16 heavy (non-hydrogen) atoms. The van der Waals surface area contributed by atoms with Gasteiger partial charge in [-0.3, -0.25) is 4.79 Å². The monoisotopic (exact) mass is 218 g/mol. The number of esters is 1. The van der Waals surface area contributed by atoms with Crippen LogP contribution in [0.5, 0.6) is 0 Å². The topological polar surface area (TPSA) is 43.4 Å². The first-order valence-electron chi connectivity index (χ1n) is 6.30. The Kier molecular flexibility index (Phi) is 0.965. The molecule has 0 unspecified atom stereocenters. The van der Waals surface area contributed by atoms with Crippen LogP contribution in [0.2, 0.25) is 0 Å². The number of hydrogen-bond acceptors (Lipinski definition) is 3. The molecule has 0 radical (unpaired) electrons. The van der Waals surface area contributed by atoms with Gasteiger partial charge >= 0.3 is 5.97 Å². The summed E-state index contributed by atoms with van der Waals surface area (Å²) in [4.78, 5) is 22.3. The van der Waals surface area contributed by atoms with E-state index in [4.69, 9.17) is 4.74 Å². The van der Waals surface area contributed by atoms with Crippen LogP contribution in [0.3, 0.4) is 0 Å². The van der Waals surface area contributed by atoms with E-state index in [0.717, 1.165) is 36.9 Å². The fourth-order valence-corrected chi connectivity index (χ4v) is 7.14. The van der Waals surface area contributed by atoms with E-state index in [1.807, 2.05) is 0 Å². The molecular weight excluding hydrogens is 204 g/mol. The Labute approximate surface area is 93.5 Å². The Morgan fingerprint density at radius 2 is 1.75 bits per heavy atom. The average Bonchev–Trinajstić information content (AvgIpc) is 2.35. The summed E-state index contributed by atoms with van der Waals surface area (Å²) in [7, 11) is 1.52. The number of hydrogen-bond donors (Lipinski definition) is 0. The van der Waals surface area contributed by atoms with Crippen LogP contribution in [0.15, 0.2) is 0 Å². The van der Waals surface area contributed by atoms with Crippen molar-refractivity contribution in [3.05, 3.63) is 0 Å². The van der Waals surface area contributed by atoms with Crippen LogP contribution in [0, 0.1) is 46.3 Å². The Hall–Kier alpha value is -0.860. The SMILES string of the molecule is COC(=O)C12C3C4C1C1C2C3C41CCC=O. The first-order chi connectivity index (χ1) is 7.77. The lowest BCUT2D eigenvalue weighted by Gasteiger charge is -3.10. The highest BCUT2D eigenvalue weighted by atomic mass is 16.5. The van der Waals surface area contributed by atoms with Gasteiger partial charge in [-0.2, -0.15) is 0 Å². The number of carbonyl (C=O) groups excluding carboxylic acids is 2. The Morgan fingerprint density at radius 1 is 1.19 bits per heavy atom. The van der Waals surface area contributed by atoms with Gasteiger partial charge in [-0.15, -0.1) is 0 Å². The lowest BCUT2D eigenvalue weighted by atomic mass is 8.92. The maximum absolute atomic E-state index is 11.8. The van der Waals surface area contributed by atoms with Crippen molar-refractivity contribution >= 4 is 12.3 Å². The van der Waals surface area contributed by atoms with Crippen molar-refractivity contribution in [1.29, 1.82) is 0 Å². The number of carbonyl (C=O) groups is 2. The highest BCUT2D eigenvalue weighted by molar-refractivity contribution is 5.88. The van der Waals surface area contributed by atoms with Gasteiger partial charge in [-0.1, -0.05) is 0 Å². The van der Waals surface area contributed by atoms with E-state index in [1.54, 1.807) is 0 Å². The maximum atomic E-state index is 11.8. The highest BCUT2D eigenvalue weighted by Gasteiger charge is 3.11. The van der Waals surface area contributed by atoms with Gasteiger partial charge in [0.05, 0.1) is 12.5 Å². The molecule has 0 atom stereocenters. The van der Waals surface area contributed by atoms with Crippen LogP contribution in [0.4, 0.5) is 0 Å². The molecule has 0 aromatic rings. The number of methoxy groups -OCH3 is 1. The molecule has 6 rings (SSSR count). The van der Waals surface area contributed by atoms with Gasteiger partial charge in [0.25, 0.3) is 0 Å². The van der Waals surface area contributed by atoms with Crippen molar-refractivity contribution in [2.24, 2.45) is 46.3 Å². The largest absolute Gasteiger partial charge is 0.469 e. The minimum atomic E-state index is -0.00230. The second-order valence-electron chi connectivity index (χ2n) is 6.40. The van der Waals surface area contributed by atoms with Gasteiger partial charge in [0, 0.05) is 6.42 Å². The molecule has 6 aliphatic carbocycles. The third kappa shape index (κ3) is 0.372. The Morgan fingerprint density at radius 3 is 2.19 bits per heavy atom. The van der Waals surface area contributed by atoms with Crippen molar-refractivity contribution < 1.29 is 14.3 Å². The molecule has 0 heterocycles. The fraction of sp³-hybridized carbons (Fsp3) is 0.846. The van der Waals surface area contributed by atoms with E-state index >= 15 is 0 Å². The quantitative estimate of drug-likeness (QED) is 0.519. The van der Waals surface area contributed by atoms with Crippen LogP contribution in [-0.4, -0.2) is 19.4 Å².